The quantitative estimate of drug-likeness (QED) is 0.139. The van der Waals surface area contributed by atoms with E-state index in [1.807, 2.05) is 54.6 Å². The van der Waals surface area contributed by atoms with E-state index in [0.29, 0.717) is 70.4 Å². The van der Waals surface area contributed by atoms with Crippen LogP contribution in [0.4, 0.5) is 0 Å². The molecule has 0 radical (unpaired) electrons. The van der Waals surface area contributed by atoms with Crippen LogP contribution >= 0.6 is 0 Å². The fraction of sp³-hybridized carbons (Fsp3) is 0.102. The molecule has 3 heterocycles. The van der Waals surface area contributed by atoms with Crippen molar-refractivity contribution >= 4 is 35.8 Å². The zero-order chi connectivity index (χ0) is 41.7. The molecule has 300 valence electrons. The lowest BCUT2D eigenvalue weighted by molar-refractivity contribution is -0.118. The van der Waals surface area contributed by atoms with Crippen LogP contribution in [0, 0.1) is 0 Å². The van der Waals surface area contributed by atoms with Crippen LogP contribution in [0.15, 0.2) is 163 Å². The lowest BCUT2D eigenvalue weighted by atomic mass is 10.1. The van der Waals surface area contributed by atoms with Crippen molar-refractivity contribution in [3.8, 4) is 28.7 Å². The average Bonchev–Trinajstić information content (AvgIpc) is 3.27. The molecule has 6 aromatic carbocycles. The summed E-state index contributed by atoms with van der Waals surface area (Å²) in [5.41, 5.74) is 4.03. The van der Waals surface area contributed by atoms with Gasteiger partial charge in [0, 0.05) is 24.2 Å². The predicted molar refractivity (Wildman–Crippen MR) is 230 cm³/mol. The molecule has 9 rings (SSSR count). The number of methoxy groups -OCH3 is 1. The van der Waals surface area contributed by atoms with Gasteiger partial charge in [-0.1, -0.05) is 78.9 Å². The van der Waals surface area contributed by atoms with Gasteiger partial charge in [-0.25, -0.2) is 0 Å². The molecule has 8 bridgehead atoms. The van der Waals surface area contributed by atoms with Crippen molar-refractivity contribution in [2.75, 3.05) is 20.2 Å². The first-order chi connectivity index (χ1) is 29.3. The molecule has 60 heavy (non-hydrogen) atoms. The summed E-state index contributed by atoms with van der Waals surface area (Å²) in [7, 11) is 1.56. The molecule has 0 spiro atoms. The Hall–Kier alpha value is -7.92. The van der Waals surface area contributed by atoms with Crippen molar-refractivity contribution in [2.45, 2.75) is 12.8 Å². The van der Waals surface area contributed by atoms with Gasteiger partial charge in [-0.15, -0.1) is 0 Å². The van der Waals surface area contributed by atoms with E-state index in [1.165, 1.54) is 0 Å². The molecule has 3 aliphatic rings. The second-order valence-electron chi connectivity index (χ2n) is 13.7. The Labute approximate surface area is 347 Å². The first-order valence-electron chi connectivity index (χ1n) is 19.3. The molecule has 0 aromatic heterocycles. The molecular formula is C49H42N4O7. The van der Waals surface area contributed by atoms with Crippen molar-refractivity contribution in [1.29, 1.82) is 0 Å². The van der Waals surface area contributed by atoms with E-state index < -0.39 is 23.6 Å². The molecule has 11 nitrogen and oxygen atoms in total. The number of rotatable bonds is 5. The summed E-state index contributed by atoms with van der Waals surface area (Å²) >= 11 is 0. The molecule has 0 saturated heterocycles. The molecule has 11 heteroatoms. The monoisotopic (exact) mass is 798 g/mol. The zero-order valence-electron chi connectivity index (χ0n) is 32.8. The summed E-state index contributed by atoms with van der Waals surface area (Å²) in [6.45, 7) is 0.579. The predicted octanol–water partition coefficient (Wildman–Crippen LogP) is 7.85. The minimum absolute atomic E-state index is 0.0479. The molecule has 6 aromatic rings. The van der Waals surface area contributed by atoms with Gasteiger partial charge in [-0.05, 0) is 120 Å². The minimum Gasteiger partial charge on any atom is -0.493 e. The number of carbonyl (C=O) groups excluding carboxylic acids is 4. The zero-order valence-corrected chi connectivity index (χ0v) is 32.8. The number of ether oxygens (including phenoxy) is 3. The third-order valence-electron chi connectivity index (χ3n) is 9.43. The van der Waals surface area contributed by atoms with E-state index in [9.17, 15) is 19.2 Å². The fourth-order valence-electron chi connectivity index (χ4n) is 6.29. The summed E-state index contributed by atoms with van der Waals surface area (Å²) in [6.07, 6.45) is 4.18. The molecule has 3 aliphatic heterocycles. The average molecular weight is 799 g/mol. The normalized spacial score (nSPS) is 13.4. The number of amides is 4. The molecule has 0 aliphatic carbocycles. The number of benzene rings is 6. The van der Waals surface area contributed by atoms with E-state index >= 15 is 0 Å². The third-order valence-corrected chi connectivity index (χ3v) is 9.43. The number of nitrogens with one attached hydrogen (secondary N) is 4. The maximum absolute atomic E-state index is 13.7. The number of fused-ring (bicyclic) bond motifs is 2. The van der Waals surface area contributed by atoms with Crippen molar-refractivity contribution in [1.82, 2.24) is 21.3 Å². The van der Waals surface area contributed by atoms with Gasteiger partial charge in [0.2, 0.25) is 0 Å². The van der Waals surface area contributed by atoms with E-state index in [2.05, 4.69) is 21.3 Å². The van der Waals surface area contributed by atoms with Crippen LogP contribution < -0.4 is 35.5 Å². The maximum Gasteiger partial charge on any atom is 0.267 e. The molecule has 4 amide bonds. The SMILES string of the molecule is COc1ccc2cc1Oc1ccc(cc1)CCNC(=O)C(NC(=O)c1ccccc1)=Cc1ccc(cc1)Oc1cccc(c1)C=C(NC(=O)c1ccccc1)C(=O)NCC2. The molecular weight excluding hydrogens is 757 g/mol. The van der Waals surface area contributed by atoms with Crippen LogP contribution in [0.25, 0.3) is 12.2 Å². The number of hydrogen-bond donors (Lipinski definition) is 4. The first kappa shape index (κ1) is 40.3. The number of carbonyl (C=O) groups is 4. The highest BCUT2D eigenvalue weighted by Gasteiger charge is 2.17. The summed E-state index contributed by atoms with van der Waals surface area (Å²) in [5.74, 6) is 0.832. The van der Waals surface area contributed by atoms with Crippen LogP contribution in [0.1, 0.15) is 43.0 Å². The van der Waals surface area contributed by atoms with Gasteiger partial charge in [-0.3, -0.25) is 19.2 Å². The Morgan fingerprint density at radius 2 is 1.07 bits per heavy atom. The summed E-state index contributed by atoms with van der Waals surface area (Å²) in [5, 5.41) is 11.4. The fourth-order valence-corrected chi connectivity index (χ4v) is 6.29. The van der Waals surface area contributed by atoms with Gasteiger partial charge in [0.05, 0.1) is 7.11 Å². The smallest absolute Gasteiger partial charge is 0.267 e. The second-order valence-corrected chi connectivity index (χ2v) is 13.7. The van der Waals surface area contributed by atoms with E-state index in [0.717, 1.165) is 11.1 Å². The third kappa shape index (κ3) is 10.9. The van der Waals surface area contributed by atoms with E-state index in [4.69, 9.17) is 14.2 Å². The standard InChI is InChI=1S/C49H42N4O7/c1-58-44-24-19-35-26-28-51-49(57)43(53-47(55)38-12-6-3-7-13-38)31-36-9-8-14-41(29-36)59-39-22-17-34(18-23-39)30-42(52-46(54)37-10-4-2-5-11-37)48(56)50-27-25-33-15-20-40(21-16-33)60-45(44)32-35/h2-24,29-32H,25-28H2,1H3,(H,50,56)(H,51,57)(H,52,54)(H,53,55). The van der Waals surface area contributed by atoms with Crippen molar-refractivity contribution < 1.29 is 33.4 Å². The van der Waals surface area contributed by atoms with Gasteiger partial charge in [0.15, 0.2) is 11.5 Å². The maximum atomic E-state index is 13.7. The van der Waals surface area contributed by atoms with Gasteiger partial charge >= 0.3 is 0 Å². The lowest BCUT2D eigenvalue weighted by Crippen LogP contribution is -2.35. The largest absolute Gasteiger partial charge is 0.493 e. The summed E-state index contributed by atoms with van der Waals surface area (Å²) in [4.78, 5) is 53.7. The van der Waals surface area contributed by atoms with Gasteiger partial charge in [-0.2, -0.15) is 0 Å². The Morgan fingerprint density at radius 3 is 1.67 bits per heavy atom. The molecule has 0 unspecified atom stereocenters. The Bertz CT molecular complexity index is 2540. The van der Waals surface area contributed by atoms with Gasteiger partial charge in [0.1, 0.15) is 28.6 Å². The van der Waals surface area contributed by atoms with Crippen LogP contribution in [0.2, 0.25) is 0 Å². The Morgan fingerprint density at radius 1 is 0.533 bits per heavy atom. The van der Waals surface area contributed by atoms with Crippen LogP contribution in [0.5, 0.6) is 28.7 Å². The van der Waals surface area contributed by atoms with Crippen LogP contribution in [0.3, 0.4) is 0 Å². The Kier molecular flexibility index (Phi) is 13.1. The molecule has 0 atom stereocenters. The van der Waals surface area contributed by atoms with Gasteiger partial charge < -0.3 is 35.5 Å². The topological polar surface area (TPSA) is 144 Å². The second kappa shape index (κ2) is 19.5. The highest BCUT2D eigenvalue weighted by molar-refractivity contribution is 6.06. The van der Waals surface area contributed by atoms with Crippen LogP contribution in [-0.2, 0) is 22.4 Å². The molecule has 4 N–H and O–H groups in total. The highest BCUT2D eigenvalue weighted by atomic mass is 16.5. The van der Waals surface area contributed by atoms with Crippen molar-refractivity contribution in [3.05, 3.63) is 196 Å². The highest BCUT2D eigenvalue weighted by Crippen LogP contribution is 2.33. The minimum atomic E-state index is -0.472. The Balaban J connectivity index is 1.20. The lowest BCUT2D eigenvalue weighted by Gasteiger charge is -2.14. The van der Waals surface area contributed by atoms with Crippen LogP contribution in [-0.4, -0.2) is 43.8 Å². The van der Waals surface area contributed by atoms with Crippen molar-refractivity contribution in [2.24, 2.45) is 0 Å². The summed E-state index contributed by atoms with van der Waals surface area (Å²) < 4.78 is 18.0. The molecule has 0 saturated carbocycles. The van der Waals surface area contributed by atoms with E-state index in [-0.39, 0.29) is 17.9 Å². The first-order valence-corrected chi connectivity index (χ1v) is 19.3. The molecule has 0 fully saturated rings. The van der Waals surface area contributed by atoms with Gasteiger partial charge in [0.25, 0.3) is 23.6 Å². The van der Waals surface area contributed by atoms with E-state index in [1.54, 1.807) is 116 Å². The van der Waals surface area contributed by atoms with Crippen molar-refractivity contribution in [3.63, 3.8) is 0 Å². The number of hydrogen-bond acceptors (Lipinski definition) is 7. The summed E-state index contributed by atoms with van der Waals surface area (Å²) in [6, 6.07) is 44.5.